The van der Waals surface area contributed by atoms with E-state index in [9.17, 15) is 30.0 Å². The molecule has 1 rings (SSSR count). The minimum atomic E-state index is -2.55. The Morgan fingerprint density at radius 1 is 1.45 bits per heavy atom. The second-order valence-electron chi connectivity index (χ2n) is 5.10. The van der Waals surface area contributed by atoms with E-state index >= 15 is 0 Å². The van der Waals surface area contributed by atoms with E-state index in [2.05, 4.69) is 10.1 Å². The molecule has 1 amide bonds. The highest BCUT2D eigenvalue weighted by Gasteiger charge is 2.54. The quantitative estimate of drug-likeness (QED) is 0.278. The van der Waals surface area contributed by atoms with Crippen molar-refractivity contribution in [2.75, 3.05) is 13.7 Å². The summed E-state index contributed by atoms with van der Waals surface area (Å²) in [6.07, 6.45) is -7.09. The first-order valence-corrected chi connectivity index (χ1v) is 6.57. The summed E-state index contributed by atoms with van der Waals surface area (Å²) in [5.41, 5.74) is 0. The Kier molecular flexibility index (Phi) is 6.23. The number of aliphatic hydroxyl groups excluding tert-OH is 4. The number of rotatable bonds is 5. The van der Waals surface area contributed by atoms with Crippen LogP contribution in [0.1, 0.15) is 13.3 Å². The maximum Gasteiger partial charge on any atom is 0.366 e. The third-order valence-electron chi connectivity index (χ3n) is 3.38. The molecule has 0 aromatic carbocycles. The van der Waals surface area contributed by atoms with Crippen LogP contribution in [0.25, 0.3) is 0 Å². The lowest BCUT2D eigenvalue weighted by Gasteiger charge is -2.45. The second-order valence-corrected chi connectivity index (χ2v) is 5.10. The molecule has 0 aliphatic carbocycles. The van der Waals surface area contributed by atoms with Crippen LogP contribution in [0, 0.1) is 0 Å². The number of carbonyl (C=O) groups excluding carboxylic acids is 2. The highest BCUT2D eigenvalue weighted by molar-refractivity contribution is 5.78. The fraction of sp³-hybridized carbons (Fsp3) is 0.833. The fourth-order valence-electron chi connectivity index (χ4n) is 2.29. The summed E-state index contributed by atoms with van der Waals surface area (Å²) in [7, 11) is 0.990. The maximum absolute atomic E-state index is 11.6. The van der Waals surface area contributed by atoms with Crippen LogP contribution in [0.15, 0.2) is 0 Å². The Morgan fingerprint density at radius 3 is 2.50 bits per heavy atom. The van der Waals surface area contributed by atoms with Gasteiger partial charge in [0.05, 0.1) is 25.9 Å². The van der Waals surface area contributed by atoms with Gasteiger partial charge in [-0.3, -0.25) is 4.79 Å². The van der Waals surface area contributed by atoms with E-state index < -0.39 is 61.1 Å². The van der Waals surface area contributed by atoms with Gasteiger partial charge in [0, 0.05) is 13.3 Å². The SMILES string of the molecule is COC(=O)[C@@]1(O)C[C@H](O)[C@@H](NC(C)=O)[C@H]([C@@H](O)[C@@H](O)CO)O1. The molecule has 6 N–H and O–H groups in total. The van der Waals surface area contributed by atoms with Gasteiger partial charge in [0.15, 0.2) is 0 Å². The van der Waals surface area contributed by atoms with E-state index in [0.29, 0.717) is 0 Å². The highest BCUT2D eigenvalue weighted by atomic mass is 16.7. The van der Waals surface area contributed by atoms with Crippen molar-refractivity contribution in [2.24, 2.45) is 0 Å². The van der Waals surface area contributed by atoms with Crippen molar-refractivity contribution in [3.05, 3.63) is 0 Å². The molecule has 1 saturated heterocycles. The topological polar surface area (TPSA) is 166 Å². The Bertz CT molecular complexity index is 417. The minimum Gasteiger partial charge on any atom is -0.465 e. The third kappa shape index (κ3) is 3.91. The molecule has 0 saturated carbocycles. The molecule has 0 bridgehead atoms. The van der Waals surface area contributed by atoms with E-state index in [1.54, 1.807) is 0 Å². The number of methoxy groups -OCH3 is 1. The molecule has 0 unspecified atom stereocenters. The van der Waals surface area contributed by atoms with Crippen molar-refractivity contribution in [1.29, 1.82) is 0 Å². The molecule has 1 heterocycles. The number of carbonyl (C=O) groups is 2. The van der Waals surface area contributed by atoms with Gasteiger partial charge in [-0.25, -0.2) is 4.79 Å². The van der Waals surface area contributed by atoms with Crippen molar-refractivity contribution in [2.45, 2.75) is 49.6 Å². The van der Waals surface area contributed by atoms with Gasteiger partial charge in [0.2, 0.25) is 5.91 Å². The lowest BCUT2D eigenvalue weighted by atomic mass is 9.88. The number of aliphatic hydroxyl groups is 5. The lowest BCUT2D eigenvalue weighted by molar-refractivity contribution is -0.296. The fourth-order valence-corrected chi connectivity index (χ4v) is 2.29. The Hall–Kier alpha value is -1.30. The van der Waals surface area contributed by atoms with Crippen LogP contribution < -0.4 is 5.32 Å². The summed E-state index contributed by atoms with van der Waals surface area (Å²) in [6.45, 7) is 0.320. The first kappa shape index (κ1) is 18.7. The molecule has 10 heteroatoms. The molecule has 0 aromatic rings. The molecule has 0 aromatic heterocycles. The highest BCUT2D eigenvalue weighted by Crippen LogP contribution is 2.31. The van der Waals surface area contributed by atoms with Gasteiger partial charge in [-0.15, -0.1) is 0 Å². The smallest absolute Gasteiger partial charge is 0.366 e. The zero-order chi connectivity index (χ0) is 17.1. The Morgan fingerprint density at radius 2 is 2.05 bits per heavy atom. The van der Waals surface area contributed by atoms with Gasteiger partial charge in [-0.05, 0) is 0 Å². The predicted molar refractivity (Wildman–Crippen MR) is 69.2 cm³/mol. The van der Waals surface area contributed by atoms with Crippen molar-refractivity contribution in [1.82, 2.24) is 5.32 Å². The predicted octanol–water partition coefficient (Wildman–Crippen LogP) is -3.78. The van der Waals surface area contributed by atoms with Gasteiger partial charge in [-0.2, -0.15) is 0 Å². The molecule has 10 nitrogen and oxygen atoms in total. The van der Waals surface area contributed by atoms with Crippen molar-refractivity contribution >= 4 is 11.9 Å². The van der Waals surface area contributed by atoms with Gasteiger partial charge < -0.3 is 40.3 Å². The number of amides is 1. The Labute approximate surface area is 126 Å². The van der Waals surface area contributed by atoms with E-state index in [0.717, 1.165) is 14.0 Å². The molecule has 6 atom stereocenters. The molecule has 1 aliphatic rings. The number of esters is 1. The molecule has 128 valence electrons. The first-order valence-electron chi connectivity index (χ1n) is 6.57. The molecular weight excluding hydrogens is 302 g/mol. The van der Waals surface area contributed by atoms with Crippen molar-refractivity contribution < 1.29 is 44.6 Å². The van der Waals surface area contributed by atoms with E-state index in [1.807, 2.05) is 0 Å². The summed E-state index contributed by atoms with van der Waals surface area (Å²) in [4.78, 5) is 22.8. The lowest BCUT2D eigenvalue weighted by Crippen LogP contribution is -2.67. The van der Waals surface area contributed by atoms with Crippen molar-refractivity contribution in [3.8, 4) is 0 Å². The van der Waals surface area contributed by atoms with E-state index in [-0.39, 0.29) is 0 Å². The molecule has 0 radical (unpaired) electrons. The molecule has 0 spiro atoms. The van der Waals surface area contributed by atoms with Gasteiger partial charge in [0.1, 0.15) is 18.3 Å². The average molecular weight is 323 g/mol. The molecule has 1 aliphatic heterocycles. The largest absolute Gasteiger partial charge is 0.465 e. The van der Waals surface area contributed by atoms with Crippen LogP contribution in [0.2, 0.25) is 0 Å². The maximum atomic E-state index is 11.6. The third-order valence-corrected chi connectivity index (χ3v) is 3.38. The number of ether oxygens (including phenoxy) is 2. The summed E-state index contributed by atoms with van der Waals surface area (Å²) in [5, 5.41) is 50.8. The van der Waals surface area contributed by atoms with Gasteiger partial charge in [-0.1, -0.05) is 0 Å². The van der Waals surface area contributed by atoms with E-state index in [4.69, 9.17) is 9.84 Å². The number of nitrogens with one attached hydrogen (secondary N) is 1. The molecule has 1 fully saturated rings. The summed E-state index contributed by atoms with van der Waals surface area (Å²) >= 11 is 0. The van der Waals surface area contributed by atoms with Crippen LogP contribution in [0.3, 0.4) is 0 Å². The number of hydrogen-bond donors (Lipinski definition) is 6. The first-order chi connectivity index (χ1) is 10.2. The van der Waals surface area contributed by atoms with Crippen LogP contribution in [-0.4, -0.2) is 87.4 Å². The molecule has 22 heavy (non-hydrogen) atoms. The minimum absolute atomic E-state index is 0.563. The summed E-state index contributed by atoms with van der Waals surface area (Å²) in [5.74, 6) is -4.32. The monoisotopic (exact) mass is 323 g/mol. The van der Waals surface area contributed by atoms with Gasteiger partial charge >= 0.3 is 5.97 Å². The molecular formula is C12H21NO9. The van der Waals surface area contributed by atoms with Gasteiger partial charge in [0.25, 0.3) is 5.79 Å². The average Bonchev–Trinajstić information content (AvgIpc) is 2.46. The second kappa shape index (κ2) is 7.31. The van der Waals surface area contributed by atoms with Crippen LogP contribution >= 0.6 is 0 Å². The van der Waals surface area contributed by atoms with Crippen LogP contribution in [-0.2, 0) is 19.1 Å². The van der Waals surface area contributed by atoms with E-state index in [1.165, 1.54) is 0 Å². The number of hydrogen-bond acceptors (Lipinski definition) is 9. The standard InChI is InChI=1S/C12H21NO9/c1-5(15)13-8-6(16)3-12(20,11(19)21-2)22-10(8)9(18)7(17)4-14/h6-10,14,16-18,20H,3-4H2,1-2H3,(H,13,15)/t6-,7-,8+,9-,10+,12+/m0/s1. The summed E-state index contributed by atoms with van der Waals surface area (Å²) in [6, 6.07) is -1.21. The zero-order valence-corrected chi connectivity index (χ0v) is 12.2. The Balaban J connectivity index is 3.09. The summed E-state index contributed by atoms with van der Waals surface area (Å²) < 4.78 is 9.45. The zero-order valence-electron chi connectivity index (χ0n) is 12.2. The van der Waals surface area contributed by atoms with Crippen LogP contribution in [0.5, 0.6) is 0 Å². The van der Waals surface area contributed by atoms with Crippen LogP contribution in [0.4, 0.5) is 0 Å². The van der Waals surface area contributed by atoms with Crippen molar-refractivity contribution in [3.63, 3.8) is 0 Å². The normalized spacial score (nSPS) is 34.6.